The van der Waals surface area contributed by atoms with Gasteiger partial charge >= 0.3 is 12.1 Å². The number of fused-ring (bicyclic) bond motifs is 5. The van der Waals surface area contributed by atoms with Crippen LogP contribution in [0.3, 0.4) is 0 Å². The molecule has 4 aliphatic rings. The van der Waals surface area contributed by atoms with Crippen LogP contribution in [0.1, 0.15) is 59.3 Å². The number of pyridine rings is 1. The SMILES string of the molecule is CC(C)(C)OC(=O)N1C2CCC1CN(c1nc(OCC34CCCN3CCC4)nc3nc(-c4cccc5cccc(Cl)c45)ccc13)C2. The van der Waals surface area contributed by atoms with E-state index >= 15 is 0 Å². The van der Waals surface area contributed by atoms with Crippen LogP contribution in [0, 0.1) is 0 Å². The number of aromatic nitrogens is 3. The molecule has 4 aromatic rings. The number of ether oxygens (including phenoxy) is 2. The summed E-state index contributed by atoms with van der Waals surface area (Å²) in [7, 11) is 0. The minimum atomic E-state index is -0.534. The Morgan fingerprint density at radius 3 is 2.39 bits per heavy atom. The molecule has 4 aliphatic heterocycles. The Bertz CT molecular complexity index is 1800. The number of hydrogen-bond donors (Lipinski definition) is 0. The van der Waals surface area contributed by atoms with E-state index in [2.05, 4.69) is 34.1 Å². The summed E-state index contributed by atoms with van der Waals surface area (Å²) < 4.78 is 12.3. The second-order valence-corrected chi connectivity index (χ2v) is 14.8. The zero-order valence-electron chi connectivity index (χ0n) is 26.8. The molecule has 1 amide bonds. The van der Waals surface area contributed by atoms with Gasteiger partial charge in [-0.15, -0.1) is 0 Å². The van der Waals surface area contributed by atoms with Crippen molar-refractivity contribution in [1.29, 1.82) is 0 Å². The summed E-state index contributed by atoms with van der Waals surface area (Å²) in [6.45, 7) is 9.93. The van der Waals surface area contributed by atoms with E-state index < -0.39 is 5.60 Å². The molecule has 4 saturated heterocycles. The topological polar surface area (TPSA) is 83.9 Å². The Labute approximate surface area is 274 Å². The van der Waals surface area contributed by atoms with Crippen LogP contribution in [0.25, 0.3) is 33.1 Å². The number of anilines is 1. The maximum absolute atomic E-state index is 13.2. The highest BCUT2D eigenvalue weighted by molar-refractivity contribution is 6.36. The molecule has 0 saturated carbocycles. The van der Waals surface area contributed by atoms with Crippen LogP contribution in [0.15, 0.2) is 48.5 Å². The molecule has 2 aromatic carbocycles. The molecule has 0 N–H and O–H groups in total. The van der Waals surface area contributed by atoms with E-state index in [9.17, 15) is 4.79 Å². The molecule has 2 aromatic heterocycles. The molecule has 10 heteroatoms. The van der Waals surface area contributed by atoms with Crippen molar-refractivity contribution < 1.29 is 14.3 Å². The average Bonchev–Trinajstić information content (AvgIpc) is 3.69. The van der Waals surface area contributed by atoms with Gasteiger partial charge < -0.3 is 14.4 Å². The monoisotopic (exact) mass is 640 g/mol. The molecule has 0 aliphatic carbocycles. The van der Waals surface area contributed by atoms with Crippen LogP contribution in [-0.2, 0) is 4.74 Å². The molecular weight excluding hydrogens is 600 g/mol. The van der Waals surface area contributed by atoms with Crippen LogP contribution in [-0.4, -0.2) is 86.9 Å². The lowest BCUT2D eigenvalue weighted by Crippen LogP contribution is -2.57. The van der Waals surface area contributed by atoms with Crippen LogP contribution in [0.2, 0.25) is 5.02 Å². The highest BCUT2D eigenvalue weighted by Crippen LogP contribution is 2.41. The fourth-order valence-corrected chi connectivity index (χ4v) is 8.57. The van der Waals surface area contributed by atoms with Crippen LogP contribution < -0.4 is 9.64 Å². The van der Waals surface area contributed by atoms with E-state index in [1.165, 1.54) is 12.8 Å². The second kappa shape index (κ2) is 11.2. The van der Waals surface area contributed by atoms with Crippen molar-refractivity contribution in [2.24, 2.45) is 0 Å². The maximum atomic E-state index is 13.2. The predicted octanol–water partition coefficient (Wildman–Crippen LogP) is 7.09. The van der Waals surface area contributed by atoms with Crippen molar-refractivity contribution >= 4 is 45.3 Å². The first-order chi connectivity index (χ1) is 22.2. The Balaban J connectivity index is 1.17. The van der Waals surface area contributed by atoms with Gasteiger partial charge in [0.25, 0.3) is 0 Å². The van der Waals surface area contributed by atoms with Gasteiger partial charge in [0.05, 0.1) is 28.7 Å². The number of halogens is 1. The van der Waals surface area contributed by atoms with Gasteiger partial charge in [-0.05, 0) is 96.0 Å². The normalized spacial score (nSPS) is 22.5. The first-order valence-electron chi connectivity index (χ1n) is 16.7. The number of benzene rings is 2. The lowest BCUT2D eigenvalue weighted by Gasteiger charge is -2.42. The lowest BCUT2D eigenvalue weighted by molar-refractivity contribution is 0.0122. The Hall–Kier alpha value is -3.69. The van der Waals surface area contributed by atoms with E-state index in [0.29, 0.717) is 36.4 Å². The van der Waals surface area contributed by atoms with Gasteiger partial charge in [-0.3, -0.25) is 9.80 Å². The molecule has 9 nitrogen and oxygen atoms in total. The van der Waals surface area contributed by atoms with Gasteiger partial charge in [0.1, 0.15) is 18.0 Å². The van der Waals surface area contributed by atoms with Crippen molar-refractivity contribution in [3.8, 4) is 17.3 Å². The van der Waals surface area contributed by atoms with Gasteiger partial charge in [0.15, 0.2) is 5.65 Å². The summed E-state index contributed by atoms with van der Waals surface area (Å²) in [5.74, 6) is 0.808. The molecule has 0 radical (unpaired) electrons. The predicted molar refractivity (Wildman–Crippen MR) is 181 cm³/mol. The Kier molecular flexibility index (Phi) is 7.25. The van der Waals surface area contributed by atoms with E-state index in [4.69, 9.17) is 36.0 Å². The largest absolute Gasteiger partial charge is 0.461 e. The van der Waals surface area contributed by atoms with E-state index in [0.717, 1.165) is 72.0 Å². The molecule has 2 atom stereocenters. The molecule has 4 fully saturated rings. The molecule has 0 spiro atoms. The standard InChI is InChI=1S/C36H41ClN6O3/c1-35(2,3)46-34(44)43-24-12-13-25(43)21-41(20-24)32-27-14-15-29(26-10-4-8-23-9-5-11-28(37)30(23)26)38-31(27)39-33(40-32)45-22-36-16-6-18-42(36)19-7-17-36/h4-5,8-11,14-15,24-25H,6-7,12-13,16-22H2,1-3H3. The molecule has 2 bridgehead atoms. The highest BCUT2D eigenvalue weighted by Gasteiger charge is 2.46. The van der Waals surface area contributed by atoms with E-state index in [-0.39, 0.29) is 23.7 Å². The Morgan fingerprint density at radius 1 is 0.957 bits per heavy atom. The van der Waals surface area contributed by atoms with Gasteiger partial charge in [-0.2, -0.15) is 9.97 Å². The number of carbonyl (C=O) groups excluding carboxylic acids is 1. The molecule has 6 heterocycles. The van der Waals surface area contributed by atoms with Crippen LogP contribution in [0.5, 0.6) is 6.01 Å². The average molecular weight is 641 g/mol. The van der Waals surface area contributed by atoms with Gasteiger partial charge in [0.2, 0.25) is 0 Å². The summed E-state index contributed by atoms with van der Waals surface area (Å²) >= 11 is 6.71. The van der Waals surface area contributed by atoms with Crippen molar-refractivity contribution in [3.05, 3.63) is 53.6 Å². The Morgan fingerprint density at radius 2 is 1.67 bits per heavy atom. The number of hydrogen-bond acceptors (Lipinski definition) is 8. The van der Waals surface area contributed by atoms with Crippen molar-refractivity contribution in [1.82, 2.24) is 24.8 Å². The van der Waals surface area contributed by atoms with Gasteiger partial charge in [0, 0.05) is 29.1 Å². The number of carbonyl (C=O) groups is 1. The molecular formula is C36H41ClN6O3. The minimum Gasteiger partial charge on any atom is -0.461 e. The van der Waals surface area contributed by atoms with Crippen molar-refractivity contribution in [2.45, 2.75) is 82.5 Å². The number of nitrogens with zero attached hydrogens (tertiary/aromatic N) is 6. The van der Waals surface area contributed by atoms with E-state index in [1.807, 2.05) is 49.9 Å². The number of rotatable bonds is 5. The zero-order valence-corrected chi connectivity index (χ0v) is 27.6. The lowest BCUT2D eigenvalue weighted by atomic mass is 9.95. The molecule has 8 rings (SSSR count). The van der Waals surface area contributed by atoms with Crippen molar-refractivity contribution in [2.75, 3.05) is 37.7 Å². The third-order valence-electron chi connectivity index (χ3n) is 10.3. The summed E-state index contributed by atoms with van der Waals surface area (Å²) in [5.41, 5.74) is 1.89. The fourth-order valence-electron chi connectivity index (χ4n) is 8.29. The third-order valence-corrected chi connectivity index (χ3v) is 10.6. The third kappa shape index (κ3) is 5.21. The van der Waals surface area contributed by atoms with Crippen LogP contribution in [0.4, 0.5) is 10.6 Å². The second-order valence-electron chi connectivity index (χ2n) is 14.4. The fraction of sp³-hybridized carbons (Fsp3) is 0.500. The first kappa shape index (κ1) is 29.7. The van der Waals surface area contributed by atoms with Gasteiger partial charge in [-0.25, -0.2) is 9.78 Å². The highest BCUT2D eigenvalue weighted by atomic mass is 35.5. The smallest absolute Gasteiger partial charge is 0.410 e. The first-order valence-corrected chi connectivity index (χ1v) is 17.1. The number of amides is 1. The number of piperazine rings is 1. The minimum absolute atomic E-state index is 0.0532. The zero-order chi connectivity index (χ0) is 31.6. The maximum Gasteiger partial charge on any atom is 0.410 e. The summed E-state index contributed by atoms with van der Waals surface area (Å²) in [6.07, 6.45) is 6.35. The molecule has 46 heavy (non-hydrogen) atoms. The molecule has 240 valence electrons. The molecule has 2 unspecified atom stereocenters. The van der Waals surface area contributed by atoms with E-state index in [1.54, 1.807) is 0 Å². The quantitative estimate of drug-likeness (QED) is 0.229. The van der Waals surface area contributed by atoms with Crippen molar-refractivity contribution in [3.63, 3.8) is 0 Å². The summed E-state index contributed by atoms with van der Waals surface area (Å²) in [5, 5.41) is 3.60. The van der Waals surface area contributed by atoms with Crippen LogP contribution >= 0.6 is 11.6 Å². The summed E-state index contributed by atoms with van der Waals surface area (Å²) in [4.78, 5) is 35.1. The summed E-state index contributed by atoms with van der Waals surface area (Å²) in [6, 6.07) is 16.7. The van der Waals surface area contributed by atoms with Gasteiger partial charge in [-0.1, -0.05) is 41.9 Å².